The Kier molecular flexibility index (Phi) is 2.48. The molecule has 0 bridgehead atoms. The minimum atomic E-state index is -1.58. The average Bonchev–Trinajstić information content (AvgIpc) is 2.08. The van der Waals surface area contributed by atoms with E-state index in [1.807, 2.05) is 0 Å². The van der Waals surface area contributed by atoms with Crippen molar-refractivity contribution < 1.29 is 25.2 Å². The lowest BCUT2D eigenvalue weighted by Crippen LogP contribution is -2.57. The molecule has 0 saturated heterocycles. The molecule has 0 aliphatic heterocycles. The summed E-state index contributed by atoms with van der Waals surface area (Å²) < 4.78 is 0. The topological polar surface area (TPSA) is 98.0 Å². The van der Waals surface area contributed by atoms with Gasteiger partial charge in [0.25, 0.3) is 0 Å². The van der Waals surface area contributed by atoms with E-state index < -0.39 is 36.1 Å². The van der Waals surface area contributed by atoms with Crippen LogP contribution in [-0.2, 0) is 4.79 Å². The van der Waals surface area contributed by atoms with Gasteiger partial charge in [-0.2, -0.15) is 0 Å². The molecular formula is C7H12O5. The summed E-state index contributed by atoms with van der Waals surface area (Å²) >= 11 is 0. The summed E-state index contributed by atoms with van der Waals surface area (Å²) in [6, 6.07) is 0. The van der Waals surface area contributed by atoms with Gasteiger partial charge in [0.2, 0.25) is 0 Å². The first-order valence-electron chi connectivity index (χ1n) is 3.72. The van der Waals surface area contributed by atoms with E-state index in [1.54, 1.807) is 0 Å². The SMILES string of the molecule is CC1C(O)C(O)C(=O)C(O)C1O. The lowest BCUT2D eigenvalue weighted by Gasteiger charge is -2.35. The summed E-state index contributed by atoms with van der Waals surface area (Å²) in [6.07, 6.45) is -5.76. The van der Waals surface area contributed by atoms with Gasteiger partial charge in [0, 0.05) is 5.92 Å². The van der Waals surface area contributed by atoms with Gasteiger partial charge in [0.1, 0.15) is 12.2 Å². The van der Waals surface area contributed by atoms with Crippen LogP contribution in [0.15, 0.2) is 0 Å². The highest BCUT2D eigenvalue weighted by Gasteiger charge is 2.45. The molecule has 1 rings (SSSR count). The molecule has 70 valence electrons. The highest BCUT2D eigenvalue weighted by atomic mass is 16.4. The second-order valence-electron chi connectivity index (χ2n) is 3.13. The van der Waals surface area contributed by atoms with Gasteiger partial charge in [0.05, 0.1) is 12.2 Å². The molecule has 0 aromatic rings. The summed E-state index contributed by atoms with van der Waals surface area (Å²) in [7, 11) is 0. The summed E-state index contributed by atoms with van der Waals surface area (Å²) in [4.78, 5) is 10.9. The zero-order valence-electron chi connectivity index (χ0n) is 6.58. The van der Waals surface area contributed by atoms with Crippen LogP contribution in [0.1, 0.15) is 6.92 Å². The summed E-state index contributed by atoms with van der Waals surface area (Å²) in [6.45, 7) is 1.45. The molecule has 0 amide bonds. The van der Waals surface area contributed by atoms with Crippen LogP contribution in [0.5, 0.6) is 0 Å². The smallest absolute Gasteiger partial charge is 0.194 e. The Morgan fingerprint density at radius 1 is 1.00 bits per heavy atom. The van der Waals surface area contributed by atoms with E-state index in [0.29, 0.717) is 0 Å². The Morgan fingerprint density at radius 3 is 1.67 bits per heavy atom. The fourth-order valence-electron chi connectivity index (χ4n) is 1.29. The quantitative estimate of drug-likeness (QED) is 0.331. The fraction of sp³-hybridized carbons (Fsp3) is 0.857. The standard InChI is InChI=1S/C7H12O5/c1-2-3(8)5(10)7(12)6(11)4(2)9/h2-6,8-11H,1H3. The Morgan fingerprint density at radius 2 is 1.33 bits per heavy atom. The van der Waals surface area contributed by atoms with Crippen LogP contribution in [0.2, 0.25) is 0 Å². The highest BCUT2D eigenvalue weighted by Crippen LogP contribution is 2.22. The maximum Gasteiger partial charge on any atom is 0.194 e. The number of Topliss-reactive ketones (excluding diaryl/α,β-unsaturated/α-hetero) is 1. The third-order valence-electron chi connectivity index (χ3n) is 2.31. The van der Waals surface area contributed by atoms with Gasteiger partial charge in [-0.15, -0.1) is 0 Å². The van der Waals surface area contributed by atoms with E-state index in [1.165, 1.54) is 6.92 Å². The molecule has 4 N–H and O–H groups in total. The Labute approximate surface area is 69.3 Å². The van der Waals surface area contributed by atoms with Crippen molar-refractivity contribution in [2.45, 2.75) is 31.3 Å². The molecular weight excluding hydrogens is 164 g/mol. The number of carbonyl (C=O) groups is 1. The van der Waals surface area contributed by atoms with Crippen molar-refractivity contribution in [2.75, 3.05) is 0 Å². The van der Waals surface area contributed by atoms with Crippen LogP contribution in [0.4, 0.5) is 0 Å². The predicted molar refractivity (Wildman–Crippen MR) is 38.2 cm³/mol. The number of rotatable bonds is 0. The largest absolute Gasteiger partial charge is 0.390 e. The van der Waals surface area contributed by atoms with Crippen LogP contribution < -0.4 is 0 Å². The third-order valence-corrected chi connectivity index (χ3v) is 2.31. The number of hydrogen-bond donors (Lipinski definition) is 4. The Hall–Kier alpha value is -0.490. The number of aliphatic hydroxyl groups excluding tert-OH is 4. The van der Waals surface area contributed by atoms with E-state index in [-0.39, 0.29) is 0 Å². The fourth-order valence-corrected chi connectivity index (χ4v) is 1.29. The lowest BCUT2D eigenvalue weighted by molar-refractivity contribution is -0.170. The van der Waals surface area contributed by atoms with Crippen molar-refractivity contribution in [3.05, 3.63) is 0 Å². The molecule has 1 fully saturated rings. The molecule has 0 aromatic carbocycles. The predicted octanol–water partition coefficient (Wildman–Crippen LogP) is -2.35. The highest BCUT2D eigenvalue weighted by molar-refractivity contribution is 5.89. The van der Waals surface area contributed by atoms with Crippen molar-refractivity contribution in [1.29, 1.82) is 0 Å². The number of aliphatic hydroxyl groups is 4. The van der Waals surface area contributed by atoms with E-state index in [9.17, 15) is 4.79 Å². The van der Waals surface area contributed by atoms with Gasteiger partial charge in [-0.3, -0.25) is 4.79 Å². The van der Waals surface area contributed by atoms with Gasteiger partial charge in [-0.25, -0.2) is 0 Å². The van der Waals surface area contributed by atoms with E-state index in [2.05, 4.69) is 0 Å². The molecule has 1 aliphatic rings. The van der Waals surface area contributed by atoms with Gasteiger partial charge in [-0.1, -0.05) is 6.92 Å². The second-order valence-corrected chi connectivity index (χ2v) is 3.13. The molecule has 4 atom stereocenters. The Bertz CT molecular complexity index is 174. The van der Waals surface area contributed by atoms with E-state index in [4.69, 9.17) is 20.4 Å². The van der Waals surface area contributed by atoms with Crippen molar-refractivity contribution in [1.82, 2.24) is 0 Å². The molecule has 4 unspecified atom stereocenters. The molecule has 5 nitrogen and oxygen atoms in total. The van der Waals surface area contributed by atoms with E-state index >= 15 is 0 Å². The minimum absolute atomic E-state index is 0.701. The van der Waals surface area contributed by atoms with Crippen molar-refractivity contribution in [3.63, 3.8) is 0 Å². The number of carbonyl (C=O) groups excluding carboxylic acids is 1. The first kappa shape index (κ1) is 9.60. The van der Waals surface area contributed by atoms with Crippen molar-refractivity contribution >= 4 is 5.78 Å². The van der Waals surface area contributed by atoms with Crippen LogP contribution in [0.25, 0.3) is 0 Å². The van der Waals surface area contributed by atoms with Gasteiger partial charge >= 0.3 is 0 Å². The summed E-state index contributed by atoms with van der Waals surface area (Å²) in [5.41, 5.74) is 0. The van der Waals surface area contributed by atoms with Gasteiger partial charge < -0.3 is 20.4 Å². The molecule has 0 spiro atoms. The van der Waals surface area contributed by atoms with Crippen LogP contribution in [0.3, 0.4) is 0 Å². The zero-order chi connectivity index (χ0) is 9.46. The van der Waals surface area contributed by atoms with Gasteiger partial charge in [0.15, 0.2) is 5.78 Å². The normalized spacial score (nSPS) is 49.4. The Balaban J connectivity index is 2.83. The molecule has 1 saturated carbocycles. The molecule has 1 aliphatic carbocycles. The first-order chi connectivity index (χ1) is 5.46. The molecule has 5 heteroatoms. The van der Waals surface area contributed by atoms with Gasteiger partial charge in [-0.05, 0) is 0 Å². The van der Waals surface area contributed by atoms with Crippen molar-refractivity contribution in [3.8, 4) is 0 Å². The van der Waals surface area contributed by atoms with Crippen molar-refractivity contribution in [2.24, 2.45) is 5.92 Å². The third kappa shape index (κ3) is 1.25. The first-order valence-corrected chi connectivity index (χ1v) is 3.72. The zero-order valence-corrected chi connectivity index (χ0v) is 6.58. The number of ketones is 1. The van der Waals surface area contributed by atoms with E-state index in [0.717, 1.165) is 0 Å². The number of hydrogen-bond acceptors (Lipinski definition) is 5. The summed E-state index contributed by atoms with van der Waals surface area (Å²) in [5.74, 6) is -1.62. The second kappa shape index (κ2) is 3.10. The molecule has 0 radical (unpaired) electrons. The minimum Gasteiger partial charge on any atom is -0.390 e. The van der Waals surface area contributed by atoms with Crippen LogP contribution >= 0.6 is 0 Å². The lowest BCUT2D eigenvalue weighted by atomic mass is 9.81. The average molecular weight is 176 g/mol. The maximum absolute atomic E-state index is 10.9. The van der Waals surface area contributed by atoms with Crippen LogP contribution in [0, 0.1) is 5.92 Å². The molecule has 0 heterocycles. The monoisotopic (exact) mass is 176 g/mol. The maximum atomic E-state index is 10.9. The molecule has 0 aromatic heterocycles. The summed E-state index contributed by atoms with van der Waals surface area (Å²) in [5, 5.41) is 36.4. The van der Waals surface area contributed by atoms with Crippen LogP contribution in [-0.4, -0.2) is 50.6 Å². The molecule has 12 heavy (non-hydrogen) atoms.